The number of carbonyl (C=O) groups excluding carboxylic acids is 1. The van der Waals surface area contributed by atoms with Crippen molar-refractivity contribution < 1.29 is 9.53 Å². The van der Waals surface area contributed by atoms with Gasteiger partial charge in [-0.1, -0.05) is 45.0 Å². The minimum atomic E-state index is -0.496. The first-order valence-electron chi connectivity index (χ1n) is 7.36. The van der Waals surface area contributed by atoms with Crippen LogP contribution < -0.4 is 5.73 Å². The number of ether oxygens (including phenoxy) is 1. The van der Waals surface area contributed by atoms with Crippen LogP contribution in [0.5, 0.6) is 0 Å². The first kappa shape index (κ1) is 16.7. The molecule has 0 radical (unpaired) electrons. The number of nitrogens with two attached hydrogens (primary N) is 1. The van der Waals surface area contributed by atoms with E-state index < -0.39 is 6.04 Å². The second kappa shape index (κ2) is 7.44. The number of hydrogen-bond acceptors (Lipinski definition) is 3. The summed E-state index contributed by atoms with van der Waals surface area (Å²) in [7, 11) is 0. The molecule has 3 heteroatoms. The number of aryl methyl sites for hydroxylation is 1. The number of hydrogen-bond donors (Lipinski definition) is 1. The summed E-state index contributed by atoms with van der Waals surface area (Å²) in [5, 5.41) is 0. The predicted octanol–water partition coefficient (Wildman–Crippen LogP) is 3.20. The quantitative estimate of drug-likeness (QED) is 0.812. The van der Waals surface area contributed by atoms with Crippen molar-refractivity contribution in [2.24, 2.45) is 5.73 Å². The average molecular weight is 277 g/mol. The van der Waals surface area contributed by atoms with E-state index in [-0.39, 0.29) is 11.4 Å². The Morgan fingerprint density at radius 2 is 1.85 bits per heavy atom. The van der Waals surface area contributed by atoms with Crippen molar-refractivity contribution in [2.75, 3.05) is 6.61 Å². The molecule has 0 saturated heterocycles. The summed E-state index contributed by atoms with van der Waals surface area (Å²) in [6.45, 7) is 8.81. The van der Waals surface area contributed by atoms with Crippen LogP contribution in [-0.4, -0.2) is 18.6 Å². The summed E-state index contributed by atoms with van der Waals surface area (Å²) in [4.78, 5) is 11.4. The number of benzene rings is 1. The molecule has 0 aliphatic rings. The molecule has 3 nitrogen and oxygen atoms in total. The van der Waals surface area contributed by atoms with Gasteiger partial charge in [-0.05, 0) is 42.7 Å². The Kier molecular flexibility index (Phi) is 6.21. The second-order valence-corrected chi connectivity index (χ2v) is 6.20. The highest BCUT2D eigenvalue weighted by molar-refractivity contribution is 5.75. The highest BCUT2D eigenvalue weighted by Crippen LogP contribution is 2.22. The fourth-order valence-electron chi connectivity index (χ4n) is 2.06. The molecular weight excluding hydrogens is 250 g/mol. The van der Waals surface area contributed by atoms with Crippen molar-refractivity contribution in [1.82, 2.24) is 0 Å². The number of rotatable bonds is 6. The van der Waals surface area contributed by atoms with Gasteiger partial charge in [0.25, 0.3) is 0 Å². The summed E-state index contributed by atoms with van der Waals surface area (Å²) >= 11 is 0. The Morgan fingerprint density at radius 1 is 1.25 bits per heavy atom. The van der Waals surface area contributed by atoms with Gasteiger partial charge in [0, 0.05) is 0 Å². The van der Waals surface area contributed by atoms with Crippen LogP contribution in [0.1, 0.15) is 51.7 Å². The van der Waals surface area contributed by atoms with Gasteiger partial charge in [-0.25, -0.2) is 0 Å². The molecule has 1 aromatic rings. The lowest BCUT2D eigenvalue weighted by Crippen LogP contribution is -2.32. The minimum absolute atomic E-state index is 0.185. The molecule has 0 aromatic heterocycles. The Morgan fingerprint density at radius 3 is 2.35 bits per heavy atom. The molecule has 0 fully saturated rings. The van der Waals surface area contributed by atoms with E-state index in [4.69, 9.17) is 10.5 Å². The SMILES string of the molecule is CCOC(=O)C(N)CCCc1ccc(C(C)(C)C)cc1. The smallest absolute Gasteiger partial charge is 0.322 e. The zero-order chi connectivity index (χ0) is 15.2. The molecule has 0 aliphatic heterocycles. The van der Waals surface area contributed by atoms with Crippen molar-refractivity contribution in [1.29, 1.82) is 0 Å². The largest absolute Gasteiger partial charge is 0.465 e. The van der Waals surface area contributed by atoms with E-state index >= 15 is 0 Å². The maximum absolute atomic E-state index is 11.4. The summed E-state index contributed by atoms with van der Waals surface area (Å²) < 4.78 is 4.90. The fourth-order valence-corrected chi connectivity index (χ4v) is 2.06. The van der Waals surface area contributed by atoms with E-state index in [1.54, 1.807) is 6.92 Å². The van der Waals surface area contributed by atoms with Gasteiger partial charge < -0.3 is 10.5 Å². The molecule has 112 valence electrons. The lowest BCUT2D eigenvalue weighted by Gasteiger charge is -2.19. The zero-order valence-corrected chi connectivity index (χ0v) is 13.1. The summed E-state index contributed by atoms with van der Waals surface area (Å²) in [5.41, 5.74) is 8.58. The summed E-state index contributed by atoms with van der Waals surface area (Å²) in [6, 6.07) is 8.19. The molecule has 0 spiro atoms. The monoisotopic (exact) mass is 277 g/mol. The Labute approximate surface area is 122 Å². The highest BCUT2D eigenvalue weighted by Gasteiger charge is 2.14. The molecule has 1 rings (SSSR count). The summed E-state index contributed by atoms with van der Waals surface area (Å²) in [6.07, 6.45) is 2.51. The van der Waals surface area contributed by atoms with Crippen LogP contribution >= 0.6 is 0 Å². The van der Waals surface area contributed by atoms with Gasteiger partial charge in [0.05, 0.1) is 6.61 Å². The third-order valence-electron chi connectivity index (χ3n) is 3.39. The van der Waals surface area contributed by atoms with E-state index in [2.05, 4.69) is 45.0 Å². The fraction of sp³-hybridized carbons (Fsp3) is 0.588. The molecule has 0 amide bonds. The highest BCUT2D eigenvalue weighted by atomic mass is 16.5. The van der Waals surface area contributed by atoms with Gasteiger partial charge in [0.15, 0.2) is 0 Å². The molecule has 1 unspecified atom stereocenters. The second-order valence-electron chi connectivity index (χ2n) is 6.20. The third-order valence-corrected chi connectivity index (χ3v) is 3.39. The van der Waals surface area contributed by atoms with Crippen LogP contribution in [0.2, 0.25) is 0 Å². The van der Waals surface area contributed by atoms with E-state index in [0.29, 0.717) is 13.0 Å². The number of esters is 1. The lowest BCUT2D eigenvalue weighted by atomic mass is 9.86. The van der Waals surface area contributed by atoms with E-state index in [9.17, 15) is 4.79 Å². The van der Waals surface area contributed by atoms with Crippen molar-refractivity contribution >= 4 is 5.97 Å². The van der Waals surface area contributed by atoms with Crippen LogP contribution in [0.25, 0.3) is 0 Å². The molecule has 0 heterocycles. The van der Waals surface area contributed by atoms with Gasteiger partial charge >= 0.3 is 5.97 Å². The van der Waals surface area contributed by atoms with E-state index in [0.717, 1.165) is 12.8 Å². The molecule has 0 saturated carbocycles. The van der Waals surface area contributed by atoms with Crippen LogP contribution in [0, 0.1) is 0 Å². The van der Waals surface area contributed by atoms with Crippen LogP contribution in [0.3, 0.4) is 0 Å². The van der Waals surface area contributed by atoms with Crippen molar-refractivity contribution in [3.05, 3.63) is 35.4 Å². The topological polar surface area (TPSA) is 52.3 Å². The zero-order valence-electron chi connectivity index (χ0n) is 13.1. The average Bonchev–Trinajstić information content (AvgIpc) is 2.38. The first-order chi connectivity index (χ1) is 9.34. The molecule has 2 N–H and O–H groups in total. The maximum atomic E-state index is 11.4. The van der Waals surface area contributed by atoms with Gasteiger partial charge in [-0.15, -0.1) is 0 Å². The maximum Gasteiger partial charge on any atom is 0.322 e. The lowest BCUT2D eigenvalue weighted by molar-refractivity contribution is -0.144. The van der Waals surface area contributed by atoms with Gasteiger partial charge in [0.1, 0.15) is 6.04 Å². The van der Waals surface area contributed by atoms with E-state index in [1.165, 1.54) is 11.1 Å². The minimum Gasteiger partial charge on any atom is -0.465 e. The summed E-state index contributed by atoms with van der Waals surface area (Å²) in [5.74, 6) is -0.296. The van der Waals surface area contributed by atoms with Gasteiger partial charge in [0.2, 0.25) is 0 Å². The third kappa shape index (κ3) is 5.33. The normalized spacial score (nSPS) is 13.1. The van der Waals surface area contributed by atoms with Gasteiger partial charge in [-0.3, -0.25) is 4.79 Å². The standard InChI is InChI=1S/C17H27NO2/c1-5-20-16(19)15(18)8-6-7-13-9-11-14(12-10-13)17(2,3)4/h9-12,15H,5-8,18H2,1-4H3. The van der Waals surface area contributed by atoms with Crippen molar-refractivity contribution in [3.63, 3.8) is 0 Å². The van der Waals surface area contributed by atoms with Crippen molar-refractivity contribution in [2.45, 2.75) is 58.4 Å². The molecule has 20 heavy (non-hydrogen) atoms. The van der Waals surface area contributed by atoms with Crippen molar-refractivity contribution in [3.8, 4) is 0 Å². The van der Waals surface area contributed by atoms with E-state index in [1.807, 2.05) is 0 Å². The molecule has 0 aliphatic carbocycles. The van der Waals surface area contributed by atoms with Gasteiger partial charge in [-0.2, -0.15) is 0 Å². The molecule has 1 atom stereocenters. The molecular formula is C17H27NO2. The molecule has 0 bridgehead atoms. The molecule has 1 aromatic carbocycles. The Bertz CT molecular complexity index is 418. The Balaban J connectivity index is 2.41. The van der Waals surface area contributed by atoms with Crippen LogP contribution in [0.4, 0.5) is 0 Å². The number of carbonyl (C=O) groups is 1. The Hall–Kier alpha value is -1.35. The predicted molar refractivity (Wildman–Crippen MR) is 82.7 cm³/mol. The van der Waals surface area contributed by atoms with Crippen LogP contribution in [0.15, 0.2) is 24.3 Å². The van der Waals surface area contributed by atoms with Crippen LogP contribution in [-0.2, 0) is 21.4 Å². The first-order valence-corrected chi connectivity index (χ1v) is 7.36.